The van der Waals surface area contributed by atoms with Gasteiger partial charge in [0, 0.05) is 18.1 Å². The van der Waals surface area contributed by atoms with Crippen molar-refractivity contribution >= 4 is 17.5 Å². The molecule has 2 aromatic rings. The Morgan fingerprint density at radius 3 is 2.64 bits per heavy atom. The van der Waals surface area contributed by atoms with E-state index in [1.807, 2.05) is 36.1 Å². The lowest BCUT2D eigenvalue weighted by Crippen LogP contribution is -2.33. The van der Waals surface area contributed by atoms with Crippen LogP contribution < -0.4 is 5.32 Å². The summed E-state index contributed by atoms with van der Waals surface area (Å²) in [4.78, 5) is 14.9. The molecule has 0 spiro atoms. The van der Waals surface area contributed by atoms with Crippen molar-refractivity contribution in [3.8, 4) is 5.69 Å². The van der Waals surface area contributed by atoms with Crippen molar-refractivity contribution < 1.29 is 4.79 Å². The first-order valence-electron chi connectivity index (χ1n) is 8.81. The van der Waals surface area contributed by atoms with Crippen LogP contribution in [0.15, 0.2) is 24.3 Å². The molecule has 2 saturated heterocycles. The molecule has 0 saturated carbocycles. The van der Waals surface area contributed by atoms with E-state index in [2.05, 4.69) is 15.6 Å². The zero-order valence-corrected chi connectivity index (χ0v) is 15.0. The number of fused-ring (bicyclic) bond motifs is 1. The zero-order valence-electron chi connectivity index (χ0n) is 14.3. The first kappa shape index (κ1) is 16.5. The molecule has 2 aliphatic rings. The highest BCUT2D eigenvalue weighted by molar-refractivity contribution is 6.30. The smallest absolute Gasteiger partial charge is 0.276 e. The van der Waals surface area contributed by atoms with Crippen LogP contribution in [0.5, 0.6) is 0 Å². The average molecular weight is 360 g/mol. The van der Waals surface area contributed by atoms with E-state index in [9.17, 15) is 4.79 Å². The van der Waals surface area contributed by atoms with Crippen molar-refractivity contribution in [3.05, 3.63) is 40.7 Å². The topological polar surface area (TPSA) is 63.1 Å². The molecule has 1 N–H and O–H groups in total. The summed E-state index contributed by atoms with van der Waals surface area (Å²) in [7, 11) is 0. The SMILES string of the molecule is Cc1c(C(=O)N2CC[C@@H]3CNC[C@@H]3CC2)nnn1-c1cccc(Cl)c1. The lowest BCUT2D eigenvalue weighted by Gasteiger charge is -2.20. The second-order valence-corrected chi connectivity index (χ2v) is 7.40. The van der Waals surface area contributed by atoms with Crippen molar-refractivity contribution in [2.24, 2.45) is 11.8 Å². The third kappa shape index (κ3) is 3.16. The Kier molecular flexibility index (Phi) is 4.48. The lowest BCUT2D eigenvalue weighted by atomic mass is 9.92. The molecule has 2 atom stereocenters. The van der Waals surface area contributed by atoms with E-state index in [0.717, 1.165) is 50.4 Å². The number of hydrogen-bond acceptors (Lipinski definition) is 4. The number of likely N-dealkylation sites (tertiary alicyclic amines) is 1. The predicted molar refractivity (Wildman–Crippen MR) is 96.1 cm³/mol. The highest BCUT2D eigenvalue weighted by atomic mass is 35.5. The van der Waals surface area contributed by atoms with Crippen LogP contribution in [0.2, 0.25) is 5.02 Å². The van der Waals surface area contributed by atoms with Crippen molar-refractivity contribution in [1.29, 1.82) is 0 Å². The van der Waals surface area contributed by atoms with Gasteiger partial charge in [0.15, 0.2) is 5.69 Å². The highest BCUT2D eigenvalue weighted by Gasteiger charge is 2.32. The van der Waals surface area contributed by atoms with Gasteiger partial charge in [0.25, 0.3) is 5.91 Å². The molecule has 2 aliphatic heterocycles. The van der Waals surface area contributed by atoms with Crippen molar-refractivity contribution in [2.45, 2.75) is 19.8 Å². The van der Waals surface area contributed by atoms with Gasteiger partial charge in [-0.2, -0.15) is 0 Å². The molecule has 7 heteroatoms. The summed E-state index contributed by atoms with van der Waals surface area (Å²) in [5.41, 5.74) is 2.00. The second-order valence-electron chi connectivity index (χ2n) is 6.96. The number of aromatic nitrogens is 3. The summed E-state index contributed by atoms with van der Waals surface area (Å²) in [6.07, 6.45) is 2.12. The third-order valence-corrected chi connectivity index (χ3v) is 5.69. The standard InChI is InChI=1S/C18H22ClN5O/c1-12-17(21-22-24(12)16-4-2-3-15(19)9-16)18(25)23-7-5-13-10-20-11-14(13)6-8-23/h2-4,9,13-14,20H,5-8,10-11H2,1H3/t13-,14+. The summed E-state index contributed by atoms with van der Waals surface area (Å²) < 4.78 is 1.68. The fourth-order valence-corrected chi connectivity index (χ4v) is 4.14. The lowest BCUT2D eigenvalue weighted by molar-refractivity contribution is 0.0751. The van der Waals surface area contributed by atoms with Crippen molar-refractivity contribution in [3.63, 3.8) is 0 Å². The van der Waals surface area contributed by atoms with Crippen LogP contribution in [0.4, 0.5) is 0 Å². The number of carbonyl (C=O) groups is 1. The molecule has 1 aromatic heterocycles. The monoisotopic (exact) mass is 359 g/mol. The molecule has 1 amide bonds. The Morgan fingerprint density at radius 2 is 1.96 bits per heavy atom. The highest BCUT2D eigenvalue weighted by Crippen LogP contribution is 2.28. The number of benzene rings is 1. The number of amides is 1. The van der Waals surface area contributed by atoms with Gasteiger partial charge in [0.2, 0.25) is 0 Å². The Hall–Kier alpha value is -1.92. The Labute approximate surface area is 152 Å². The van der Waals surface area contributed by atoms with E-state index >= 15 is 0 Å². The summed E-state index contributed by atoms with van der Waals surface area (Å²) in [6, 6.07) is 7.40. The van der Waals surface area contributed by atoms with Gasteiger partial charge in [-0.1, -0.05) is 22.9 Å². The minimum atomic E-state index is -0.0151. The van der Waals surface area contributed by atoms with Gasteiger partial charge >= 0.3 is 0 Å². The van der Waals surface area contributed by atoms with E-state index in [-0.39, 0.29) is 5.91 Å². The molecule has 2 fully saturated rings. The maximum absolute atomic E-state index is 13.0. The fourth-order valence-electron chi connectivity index (χ4n) is 3.95. The van der Waals surface area contributed by atoms with E-state index in [4.69, 9.17) is 11.6 Å². The normalized spacial score (nSPS) is 23.4. The molecule has 132 valence electrons. The van der Waals surface area contributed by atoms with Crippen LogP contribution in [0, 0.1) is 18.8 Å². The van der Waals surface area contributed by atoms with Crippen molar-refractivity contribution in [2.75, 3.05) is 26.2 Å². The molecule has 0 radical (unpaired) electrons. The van der Waals surface area contributed by atoms with Gasteiger partial charge in [0.05, 0.1) is 11.4 Å². The molecule has 0 unspecified atom stereocenters. The van der Waals surface area contributed by atoms with Gasteiger partial charge in [-0.25, -0.2) is 4.68 Å². The average Bonchev–Trinajstić information content (AvgIpc) is 3.16. The third-order valence-electron chi connectivity index (χ3n) is 5.46. The molecule has 25 heavy (non-hydrogen) atoms. The minimum absolute atomic E-state index is 0.0151. The van der Waals surface area contributed by atoms with E-state index in [1.54, 1.807) is 4.68 Å². The molecule has 1 aromatic carbocycles. The quantitative estimate of drug-likeness (QED) is 0.893. The summed E-state index contributed by atoms with van der Waals surface area (Å²) in [5.74, 6) is 1.38. The van der Waals surface area contributed by atoms with E-state index in [1.165, 1.54) is 0 Å². The first-order valence-corrected chi connectivity index (χ1v) is 9.19. The zero-order chi connectivity index (χ0) is 17.4. The predicted octanol–water partition coefficient (Wildman–Crippen LogP) is 2.30. The summed E-state index contributed by atoms with van der Waals surface area (Å²) in [6.45, 7) is 5.63. The largest absolute Gasteiger partial charge is 0.337 e. The van der Waals surface area contributed by atoms with Gasteiger partial charge in [-0.15, -0.1) is 5.10 Å². The Bertz CT molecular complexity index is 776. The fraction of sp³-hybridized carbons (Fsp3) is 0.500. The number of rotatable bonds is 2. The van der Waals surface area contributed by atoms with E-state index in [0.29, 0.717) is 22.6 Å². The molecule has 6 nitrogen and oxygen atoms in total. The molecular weight excluding hydrogens is 338 g/mol. The van der Waals surface area contributed by atoms with Crippen LogP contribution in [-0.2, 0) is 0 Å². The molecular formula is C18H22ClN5O. The first-order chi connectivity index (χ1) is 12.1. The van der Waals surface area contributed by atoms with Crippen LogP contribution in [0.3, 0.4) is 0 Å². The number of carbonyl (C=O) groups excluding carboxylic acids is 1. The summed E-state index contributed by atoms with van der Waals surface area (Å²) >= 11 is 6.06. The molecule has 3 heterocycles. The number of nitrogens with zero attached hydrogens (tertiary/aromatic N) is 4. The Morgan fingerprint density at radius 1 is 1.24 bits per heavy atom. The molecule has 0 aliphatic carbocycles. The molecule has 0 bridgehead atoms. The molecule has 4 rings (SSSR count). The van der Waals surface area contributed by atoms with Crippen LogP contribution in [0.1, 0.15) is 29.0 Å². The van der Waals surface area contributed by atoms with Gasteiger partial charge in [0.1, 0.15) is 0 Å². The summed E-state index contributed by atoms with van der Waals surface area (Å²) in [5, 5.41) is 12.4. The van der Waals surface area contributed by atoms with Gasteiger partial charge < -0.3 is 10.2 Å². The minimum Gasteiger partial charge on any atom is -0.337 e. The maximum Gasteiger partial charge on any atom is 0.276 e. The Balaban J connectivity index is 1.55. The number of hydrogen-bond donors (Lipinski definition) is 1. The number of nitrogens with one attached hydrogen (secondary N) is 1. The number of halogens is 1. The van der Waals surface area contributed by atoms with Crippen LogP contribution >= 0.6 is 11.6 Å². The van der Waals surface area contributed by atoms with Gasteiger partial charge in [-0.05, 0) is 62.9 Å². The van der Waals surface area contributed by atoms with Crippen LogP contribution in [-0.4, -0.2) is 52.0 Å². The van der Waals surface area contributed by atoms with Crippen LogP contribution in [0.25, 0.3) is 5.69 Å². The second kappa shape index (κ2) is 6.77. The van der Waals surface area contributed by atoms with E-state index < -0.39 is 0 Å². The van der Waals surface area contributed by atoms with Crippen molar-refractivity contribution in [1.82, 2.24) is 25.2 Å². The van der Waals surface area contributed by atoms with Gasteiger partial charge in [-0.3, -0.25) is 4.79 Å². The maximum atomic E-state index is 13.0.